The zero-order valence-corrected chi connectivity index (χ0v) is 18.7. The molecular weight excluding hydrogens is 472 g/mol. The van der Waals surface area contributed by atoms with Gasteiger partial charge < -0.3 is 10.4 Å². The topological polar surface area (TPSA) is 86.7 Å². The predicted octanol–water partition coefficient (Wildman–Crippen LogP) is 5.03. The van der Waals surface area contributed by atoms with Crippen LogP contribution in [0.2, 0.25) is 0 Å². The second-order valence-corrected chi connectivity index (χ2v) is 8.23. The summed E-state index contributed by atoms with van der Waals surface area (Å²) in [6.45, 7) is 1.41. The first kappa shape index (κ1) is 21.5. The molecule has 0 saturated carbocycles. The third kappa shape index (κ3) is 4.07. The summed E-state index contributed by atoms with van der Waals surface area (Å²) in [5, 5.41) is 13.7. The lowest BCUT2D eigenvalue weighted by molar-refractivity contribution is -0.132. The lowest BCUT2D eigenvalue weighted by Crippen LogP contribution is -2.29. The zero-order valence-electron chi connectivity index (χ0n) is 17.1. The molecule has 7 heteroatoms. The number of halogens is 1. The Balaban J connectivity index is 1.85. The number of nitrogens with zero attached hydrogens (tertiary/aromatic N) is 1. The highest BCUT2D eigenvalue weighted by Crippen LogP contribution is 2.42. The van der Waals surface area contributed by atoms with Crippen molar-refractivity contribution in [2.24, 2.45) is 0 Å². The molecule has 0 spiro atoms. The summed E-state index contributed by atoms with van der Waals surface area (Å²) in [6, 6.07) is 21.8. The monoisotopic (exact) mass is 490 g/mol. The van der Waals surface area contributed by atoms with Crippen LogP contribution in [-0.2, 0) is 14.4 Å². The van der Waals surface area contributed by atoms with Gasteiger partial charge in [0, 0.05) is 28.3 Å². The first-order chi connectivity index (χ1) is 15.4. The van der Waals surface area contributed by atoms with Crippen molar-refractivity contribution in [1.82, 2.24) is 0 Å². The van der Waals surface area contributed by atoms with E-state index < -0.39 is 17.7 Å². The van der Waals surface area contributed by atoms with Gasteiger partial charge >= 0.3 is 0 Å². The molecule has 0 aromatic heterocycles. The molecule has 0 aliphatic carbocycles. The molecule has 1 saturated heterocycles. The average molecular weight is 491 g/mol. The van der Waals surface area contributed by atoms with Gasteiger partial charge in [-0.1, -0.05) is 58.4 Å². The molecule has 1 heterocycles. The maximum atomic E-state index is 13.1. The van der Waals surface area contributed by atoms with Gasteiger partial charge in [-0.15, -0.1) is 0 Å². The molecule has 1 atom stereocenters. The zero-order chi connectivity index (χ0) is 22.8. The second-order valence-electron chi connectivity index (χ2n) is 7.31. The van der Waals surface area contributed by atoms with Gasteiger partial charge in [0.15, 0.2) is 0 Å². The molecule has 3 aromatic rings. The minimum absolute atomic E-state index is 0.0226. The van der Waals surface area contributed by atoms with E-state index >= 15 is 0 Å². The number of nitrogens with one attached hydrogen (secondary N) is 1. The summed E-state index contributed by atoms with van der Waals surface area (Å²) in [4.78, 5) is 38.9. The molecule has 32 heavy (non-hydrogen) atoms. The van der Waals surface area contributed by atoms with Crippen LogP contribution >= 0.6 is 15.9 Å². The molecule has 1 unspecified atom stereocenters. The van der Waals surface area contributed by atoms with Gasteiger partial charge in [0.2, 0.25) is 5.91 Å². The minimum Gasteiger partial charge on any atom is -0.507 e. The van der Waals surface area contributed by atoms with Crippen molar-refractivity contribution in [2.75, 3.05) is 10.2 Å². The number of Topliss-reactive ketones (excluding diaryl/α,β-unsaturated/α-hetero) is 1. The van der Waals surface area contributed by atoms with E-state index in [-0.39, 0.29) is 17.2 Å². The molecule has 1 aliphatic heterocycles. The second kappa shape index (κ2) is 8.80. The summed E-state index contributed by atoms with van der Waals surface area (Å²) < 4.78 is 0.827. The van der Waals surface area contributed by atoms with Crippen molar-refractivity contribution in [3.8, 4) is 0 Å². The molecule has 0 radical (unpaired) electrons. The summed E-state index contributed by atoms with van der Waals surface area (Å²) >= 11 is 3.36. The quantitative estimate of drug-likeness (QED) is 0.305. The molecule has 0 bridgehead atoms. The van der Waals surface area contributed by atoms with E-state index in [0.717, 1.165) is 4.47 Å². The highest BCUT2D eigenvalue weighted by molar-refractivity contribution is 9.10. The Morgan fingerprint density at radius 1 is 0.938 bits per heavy atom. The lowest BCUT2D eigenvalue weighted by atomic mass is 9.95. The van der Waals surface area contributed by atoms with Crippen LogP contribution in [0.25, 0.3) is 5.76 Å². The highest BCUT2D eigenvalue weighted by atomic mass is 79.9. The van der Waals surface area contributed by atoms with Gasteiger partial charge in [-0.05, 0) is 42.0 Å². The van der Waals surface area contributed by atoms with Gasteiger partial charge in [-0.25, -0.2) is 0 Å². The number of hydrogen-bond donors (Lipinski definition) is 2. The fourth-order valence-corrected chi connectivity index (χ4v) is 3.99. The minimum atomic E-state index is -0.800. The molecule has 2 N–H and O–H groups in total. The Morgan fingerprint density at radius 3 is 2.16 bits per heavy atom. The molecule has 6 nitrogen and oxygen atoms in total. The van der Waals surface area contributed by atoms with Crippen molar-refractivity contribution >= 4 is 50.7 Å². The third-order valence-corrected chi connectivity index (χ3v) is 5.67. The van der Waals surface area contributed by atoms with E-state index in [4.69, 9.17) is 0 Å². The van der Waals surface area contributed by atoms with Crippen LogP contribution in [0.5, 0.6) is 0 Å². The van der Waals surface area contributed by atoms with Crippen LogP contribution in [0, 0.1) is 0 Å². The lowest BCUT2D eigenvalue weighted by Gasteiger charge is -2.25. The van der Waals surface area contributed by atoms with Crippen molar-refractivity contribution in [3.05, 3.63) is 100 Å². The Labute approximate surface area is 193 Å². The van der Waals surface area contributed by atoms with Crippen LogP contribution < -0.4 is 10.2 Å². The normalized spacial score (nSPS) is 17.4. The molecule has 2 amide bonds. The number of benzene rings is 3. The third-order valence-electron chi connectivity index (χ3n) is 5.14. The van der Waals surface area contributed by atoms with E-state index in [9.17, 15) is 19.5 Å². The molecule has 4 rings (SSSR count). The number of aliphatic hydroxyl groups excluding tert-OH is 1. The van der Waals surface area contributed by atoms with E-state index in [0.29, 0.717) is 22.5 Å². The first-order valence-corrected chi connectivity index (χ1v) is 10.7. The molecule has 160 valence electrons. The van der Waals surface area contributed by atoms with Crippen molar-refractivity contribution in [2.45, 2.75) is 13.0 Å². The maximum Gasteiger partial charge on any atom is 0.300 e. The predicted molar refractivity (Wildman–Crippen MR) is 126 cm³/mol. The number of hydrogen-bond acceptors (Lipinski definition) is 4. The fourth-order valence-electron chi connectivity index (χ4n) is 3.72. The summed E-state index contributed by atoms with van der Waals surface area (Å²) in [7, 11) is 0. The van der Waals surface area contributed by atoms with E-state index in [2.05, 4.69) is 21.2 Å². The number of ketones is 1. The van der Waals surface area contributed by atoms with Gasteiger partial charge in [0.05, 0.1) is 11.6 Å². The van der Waals surface area contributed by atoms with Gasteiger partial charge in [0.25, 0.3) is 11.7 Å². The summed E-state index contributed by atoms with van der Waals surface area (Å²) in [5.41, 5.74) is 2.20. The Morgan fingerprint density at radius 2 is 1.56 bits per heavy atom. The van der Waals surface area contributed by atoms with Gasteiger partial charge in [-0.3, -0.25) is 19.3 Å². The number of anilines is 2. The standard InChI is InChI=1S/C25H19BrN2O4/c1-15(29)27-19-11-13-20(14-12-19)28-22(16-5-3-2-4-6-16)21(24(31)25(28)32)23(30)17-7-9-18(26)10-8-17/h2-14,22,30H,1H3,(H,27,29)/b23-21+. The van der Waals surface area contributed by atoms with Crippen LogP contribution in [0.1, 0.15) is 24.1 Å². The molecule has 3 aromatic carbocycles. The van der Waals surface area contributed by atoms with Crippen LogP contribution in [0.3, 0.4) is 0 Å². The number of carbonyl (C=O) groups is 3. The van der Waals surface area contributed by atoms with Gasteiger partial charge in [-0.2, -0.15) is 0 Å². The summed E-state index contributed by atoms with van der Waals surface area (Å²) in [6.07, 6.45) is 0. The average Bonchev–Trinajstić information content (AvgIpc) is 3.05. The number of aliphatic hydroxyl groups is 1. The summed E-state index contributed by atoms with van der Waals surface area (Å²) in [5.74, 6) is -1.94. The number of amides is 2. The largest absolute Gasteiger partial charge is 0.507 e. The number of carbonyl (C=O) groups excluding carboxylic acids is 3. The highest BCUT2D eigenvalue weighted by Gasteiger charge is 2.46. The smallest absolute Gasteiger partial charge is 0.300 e. The molecule has 1 fully saturated rings. The Bertz CT molecular complexity index is 1220. The van der Waals surface area contributed by atoms with E-state index in [1.165, 1.54) is 11.8 Å². The maximum absolute atomic E-state index is 13.1. The van der Waals surface area contributed by atoms with Crippen LogP contribution in [0.4, 0.5) is 11.4 Å². The van der Waals surface area contributed by atoms with Crippen molar-refractivity contribution in [1.29, 1.82) is 0 Å². The van der Waals surface area contributed by atoms with E-state index in [1.807, 2.05) is 30.3 Å². The van der Waals surface area contributed by atoms with Crippen molar-refractivity contribution < 1.29 is 19.5 Å². The van der Waals surface area contributed by atoms with E-state index in [1.54, 1.807) is 48.5 Å². The Kier molecular flexibility index (Phi) is 5.92. The SMILES string of the molecule is CC(=O)Nc1ccc(N2C(=O)C(=O)/C(=C(/O)c3ccc(Br)cc3)C2c2ccccc2)cc1. The fraction of sp³-hybridized carbons (Fsp3) is 0.0800. The van der Waals surface area contributed by atoms with Gasteiger partial charge in [0.1, 0.15) is 5.76 Å². The van der Waals surface area contributed by atoms with Crippen LogP contribution in [-0.4, -0.2) is 22.7 Å². The molecule has 1 aliphatic rings. The van der Waals surface area contributed by atoms with Crippen molar-refractivity contribution in [3.63, 3.8) is 0 Å². The first-order valence-electron chi connectivity index (χ1n) is 9.86. The number of rotatable bonds is 4. The molecular formula is C25H19BrN2O4. The van der Waals surface area contributed by atoms with Crippen LogP contribution in [0.15, 0.2) is 88.9 Å². The Hall–Kier alpha value is -3.71.